The predicted molar refractivity (Wildman–Crippen MR) is 68.4 cm³/mol. The molecule has 0 aliphatic rings. The first kappa shape index (κ1) is 14.5. The molecule has 0 amide bonds. The minimum Gasteiger partial charge on any atom is -0.465 e. The van der Waals surface area contributed by atoms with E-state index in [2.05, 4.69) is 9.46 Å². The molecular formula is C11H16N2O4S. The van der Waals surface area contributed by atoms with E-state index in [1.807, 2.05) is 0 Å². The molecule has 0 aliphatic heterocycles. The van der Waals surface area contributed by atoms with Gasteiger partial charge < -0.3 is 10.5 Å². The summed E-state index contributed by atoms with van der Waals surface area (Å²) in [6.07, 6.45) is 0. The van der Waals surface area contributed by atoms with Gasteiger partial charge in [-0.15, -0.1) is 0 Å². The van der Waals surface area contributed by atoms with Crippen LogP contribution in [0.2, 0.25) is 0 Å². The number of benzene rings is 1. The lowest BCUT2D eigenvalue weighted by atomic mass is 10.2. The van der Waals surface area contributed by atoms with E-state index in [1.165, 1.54) is 0 Å². The molecular weight excluding hydrogens is 256 g/mol. The fraction of sp³-hybridized carbons (Fsp3) is 0.364. The number of hydrogen-bond donors (Lipinski definition) is 2. The van der Waals surface area contributed by atoms with Crippen LogP contribution in [0.25, 0.3) is 0 Å². The Balaban J connectivity index is 2.73. The fourth-order valence-electron chi connectivity index (χ4n) is 1.34. The molecule has 0 fully saturated rings. The van der Waals surface area contributed by atoms with Crippen molar-refractivity contribution in [3.05, 3.63) is 29.8 Å². The summed E-state index contributed by atoms with van der Waals surface area (Å²) < 4.78 is 30.2. The largest absolute Gasteiger partial charge is 0.465 e. The monoisotopic (exact) mass is 272 g/mol. The zero-order valence-electron chi connectivity index (χ0n) is 10.0. The normalized spacial score (nSPS) is 11.0. The maximum atomic E-state index is 11.6. The second-order valence-corrected chi connectivity index (χ2v) is 5.29. The van der Waals surface area contributed by atoms with Crippen molar-refractivity contribution in [3.63, 3.8) is 0 Å². The topological polar surface area (TPSA) is 98.5 Å². The fourth-order valence-corrected chi connectivity index (χ4v) is 2.29. The summed E-state index contributed by atoms with van der Waals surface area (Å²) in [6, 6.07) is 6.66. The molecule has 0 aromatic heterocycles. The van der Waals surface area contributed by atoms with Gasteiger partial charge in [-0.3, -0.25) is 9.52 Å². The highest BCUT2D eigenvalue weighted by Crippen LogP contribution is 2.12. The summed E-state index contributed by atoms with van der Waals surface area (Å²) >= 11 is 0. The van der Waals surface area contributed by atoms with Crippen LogP contribution in [0.1, 0.15) is 12.5 Å². The quantitative estimate of drug-likeness (QED) is 0.733. The van der Waals surface area contributed by atoms with Crippen molar-refractivity contribution >= 4 is 21.7 Å². The van der Waals surface area contributed by atoms with Gasteiger partial charge in [0.1, 0.15) is 0 Å². The second kappa shape index (κ2) is 6.36. The third-order valence-corrected chi connectivity index (χ3v) is 3.21. The van der Waals surface area contributed by atoms with Gasteiger partial charge in [-0.05, 0) is 24.6 Å². The molecule has 0 radical (unpaired) electrons. The molecule has 6 nitrogen and oxygen atoms in total. The highest BCUT2D eigenvalue weighted by atomic mass is 32.2. The third-order valence-electron chi connectivity index (χ3n) is 2.05. The van der Waals surface area contributed by atoms with Crippen LogP contribution in [0.3, 0.4) is 0 Å². The van der Waals surface area contributed by atoms with Crippen LogP contribution in [0, 0.1) is 0 Å². The van der Waals surface area contributed by atoms with E-state index in [9.17, 15) is 13.2 Å². The van der Waals surface area contributed by atoms with Gasteiger partial charge in [-0.2, -0.15) is 0 Å². The predicted octanol–water partition coefficient (Wildman–Crippen LogP) is 0.450. The lowest BCUT2D eigenvalue weighted by Gasteiger charge is -2.08. The molecule has 1 rings (SSSR count). The molecule has 0 unspecified atom stereocenters. The number of rotatable bonds is 6. The van der Waals surface area contributed by atoms with Gasteiger partial charge in [0.2, 0.25) is 10.0 Å². The van der Waals surface area contributed by atoms with E-state index < -0.39 is 21.7 Å². The van der Waals surface area contributed by atoms with Crippen LogP contribution < -0.4 is 10.5 Å². The van der Waals surface area contributed by atoms with Gasteiger partial charge in [0, 0.05) is 12.2 Å². The number of nitrogens with two attached hydrogens (primary N) is 1. The second-order valence-electron chi connectivity index (χ2n) is 3.57. The molecule has 0 spiro atoms. The van der Waals surface area contributed by atoms with E-state index in [0.717, 1.165) is 5.56 Å². The van der Waals surface area contributed by atoms with Gasteiger partial charge in [-0.1, -0.05) is 12.1 Å². The van der Waals surface area contributed by atoms with Crippen molar-refractivity contribution in [3.8, 4) is 0 Å². The SMILES string of the molecule is CCOC(=O)CS(=O)(=O)Nc1cccc(CN)c1. The number of esters is 1. The number of sulfonamides is 1. The summed E-state index contributed by atoms with van der Waals surface area (Å²) in [6.45, 7) is 2.08. The molecule has 1 aromatic carbocycles. The summed E-state index contributed by atoms with van der Waals surface area (Å²) in [5, 5.41) is 0. The average molecular weight is 272 g/mol. The van der Waals surface area contributed by atoms with Crippen molar-refractivity contribution in [1.29, 1.82) is 0 Å². The van der Waals surface area contributed by atoms with E-state index in [-0.39, 0.29) is 6.61 Å². The minimum atomic E-state index is -3.75. The zero-order valence-corrected chi connectivity index (χ0v) is 10.9. The first-order valence-corrected chi connectivity index (χ1v) is 7.07. The van der Waals surface area contributed by atoms with E-state index in [0.29, 0.717) is 12.2 Å². The van der Waals surface area contributed by atoms with Crippen molar-refractivity contribution in [2.45, 2.75) is 13.5 Å². The Hall–Kier alpha value is -1.60. The van der Waals surface area contributed by atoms with E-state index in [4.69, 9.17) is 5.73 Å². The van der Waals surface area contributed by atoms with Crippen LogP contribution in [0.15, 0.2) is 24.3 Å². The molecule has 0 saturated carbocycles. The van der Waals surface area contributed by atoms with Gasteiger partial charge in [0.15, 0.2) is 5.75 Å². The maximum absolute atomic E-state index is 11.6. The van der Waals surface area contributed by atoms with Crippen LogP contribution >= 0.6 is 0 Å². The molecule has 0 saturated heterocycles. The van der Waals surface area contributed by atoms with Crippen LogP contribution in [0.4, 0.5) is 5.69 Å². The van der Waals surface area contributed by atoms with Gasteiger partial charge >= 0.3 is 5.97 Å². The molecule has 1 aromatic rings. The molecule has 100 valence electrons. The Morgan fingerprint density at radius 2 is 2.17 bits per heavy atom. The molecule has 18 heavy (non-hydrogen) atoms. The maximum Gasteiger partial charge on any atom is 0.323 e. The highest BCUT2D eigenvalue weighted by molar-refractivity contribution is 7.93. The first-order chi connectivity index (χ1) is 8.46. The summed E-state index contributed by atoms with van der Waals surface area (Å²) in [5.41, 5.74) is 6.63. The lowest BCUT2D eigenvalue weighted by Crippen LogP contribution is -2.24. The Morgan fingerprint density at radius 1 is 1.44 bits per heavy atom. The third kappa shape index (κ3) is 4.72. The lowest BCUT2D eigenvalue weighted by molar-refractivity contribution is -0.139. The van der Waals surface area contributed by atoms with Crippen molar-refractivity contribution in [1.82, 2.24) is 0 Å². The molecule has 3 N–H and O–H groups in total. The molecule has 0 heterocycles. The number of carbonyl (C=O) groups is 1. The standard InChI is InChI=1S/C11H16N2O4S/c1-2-17-11(14)8-18(15,16)13-10-5-3-4-9(6-10)7-12/h3-6,13H,2,7-8,12H2,1H3. The average Bonchev–Trinajstić information content (AvgIpc) is 2.28. The van der Waals surface area contributed by atoms with E-state index in [1.54, 1.807) is 31.2 Å². The highest BCUT2D eigenvalue weighted by Gasteiger charge is 2.17. The molecule has 0 bridgehead atoms. The Morgan fingerprint density at radius 3 is 2.78 bits per heavy atom. The molecule has 7 heteroatoms. The Bertz CT molecular complexity index is 514. The number of ether oxygens (including phenoxy) is 1. The molecule has 0 atom stereocenters. The first-order valence-electron chi connectivity index (χ1n) is 5.42. The van der Waals surface area contributed by atoms with E-state index >= 15 is 0 Å². The number of hydrogen-bond acceptors (Lipinski definition) is 5. The smallest absolute Gasteiger partial charge is 0.323 e. The number of nitrogens with one attached hydrogen (secondary N) is 1. The zero-order chi connectivity index (χ0) is 13.6. The van der Waals surface area contributed by atoms with Gasteiger partial charge in [-0.25, -0.2) is 8.42 Å². The summed E-state index contributed by atoms with van der Waals surface area (Å²) in [7, 11) is -3.75. The minimum absolute atomic E-state index is 0.150. The van der Waals surface area contributed by atoms with Crippen LogP contribution in [-0.4, -0.2) is 26.7 Å². The summed E-state index contributed by atoms with van der Waals surface area (Å²) in [5.74, 6) is -1.48. The van der Waals surface area contributed by atoms with Crippen molar-refractivity contribution < 1.29 is 17.9 Å². The van der Waals surface area contributed by atoms with Crippen LogP contribution in [-0.2, 0) is 26.1 Å². The van der Waals surface area contributed by atoms with Gasteiger partial charge in [0.05, 0.1) is 6.61 Å². The van der Waals surface area contributed by atoms with Crippen LogP contribution in [0.5, 0.6) is 0 Å². The van der Waals surface area contributed by atoms with Crippen molar-refractivity contribution in [2.24, 2.45) is 5.73 Å². The Kier molecular flexibility index (Phi) is 5.11. The Labute approximate surface area is 106 Å². The van der Waals surface area contributed by atoms with Crippen molar-refractivity contribution in [2.75, 3.05) is 17.1 Å². The number of carbonyl (C=O) groups excluding carboxylic acids is 1. The summed E-state index contributed by atoms with van der Waals surface area (Å²) in [4.78, 5) is 11.1. The van der Waals surface area contributed by atoms with Gasteiger partial charge in [0.25, 0.3) is 0 Å². The number of anilines is 1. The molecule has 0 aliphatic carbocycles.